The normalized spacial score (nSPS) is 10.1. The van der Waals surface area contributed by atoms with Gasteiger partial charge in [0.05, 0.1) is 17.6 Å². The molecule has 1 N–H and O–H groups in total. The zero-order chi connectivity index (χ0) is 19.8. The summed E-state index contributed by atoms with van der Waals surface area (Å²) in [6, 6.07) is 11.6. The number of amides is 1. The number of nitrogens with one attached hydrogen (secondary N) is 1. The molecule has 0 aliphatic carbocycles. The van der Waals surface area contributed by atoms with E-state index in [1.807, 2.05) is 24.3 Å². The molecule has 0 unspecified atom stereocenters. The van der Waals surface area contributed by atoms with Crippen LogP contribution in [0.5, 0.6) is 5.75 Å². The first kappa shape index (κ1) is 19.9. The number of carbonyl (C=O) groups excluding carboxylic acids is 2. The van der Waals surface area contributed by atoms with Crippen molar-refractivity contribution in [2.45, 2.75) is 13.3 Å². The van der Waals surface area contributed by atoms with E-state index < -0.39 is 23.4 Å². The van der Waals surface area contributed by atoms with Crippen LogP contribution in [0.3, 0.4) is 0 Å². The molecular weight excluding hydrogens is 352 g/mol. The van der Waals surface area contributed by atoms with E-state index in [9.17, 15) is 19.7 Å². The molecule has 0 fully saturated rings. The number of nitro groups is 1. The Morgan fingerprint density at radius 1 is 1.15 bits per heavy atom. The molecule has 2 aromatic carbocycles. The van der Waals surface area contributed by atoms with Gasteiger partial charge in [-0.2, -0.15) is 0 Å². The Balaban J connectivity index is 1.84. The van der Waals surface area contributed by atoms with Gasteiger partial charge in [-0.15, -0.1) is 0 Å². The number of rotatable bonds is 8. The van der Waals surface area contributed by atoms with Crippen LogP contribution in [0, 0.1) is 17.0 Å². The molecule has 0 aromatic heterocycles. The topological polar surface area (TPSA) is 108 Å². The van der Waals surface area contributed by atoms with E-state index in [-0.39, 0.29) is 16.8 Å². The van der Waals surface area contributed by atoms with Crippen LogP contribution < -0.4 is 10.1 Å². The Morgan fingerprint density at radius 3 is 2.59 bits per heavy atom. The van der Waals surface area contributed by atoms with Crippen molar-refractivity contribution in [1.82, 2.24) is 5.32 Å². The molecule has 0 atom stereocenters. The molecule has 1 amide bonds. The zero-order valence-electron chi connectivity index (χ0n) is 15.1. The highest BCUT2D eigenvalue weighted by Crippen LogP contribution is 2.21. The third-order valence-corrected chi connectivity index (χ3v) is 3.97. The monoisotopic (exact) mass is 372 g/mol. The number of hydrogen-bond acceptors (Lipinski definition) is 6. The fourth-order valence-electron chi connectivity index (χ4n) is 2.55. The van der Waals surface area contributed by atoms with Crippen LogP contribution in [-0.2, 0) is 16.0 Å². The van der Waals surface area contributed by atoms with Crippen molar-refractivity contribution < 1.29 is 24.0 Å². The van der Waals surface area contributed by atoms with E-state index >= 15 is 0 Å². The fraction of sp³-hybridized carbons (Fsp3) is 0.263. The van der Waals surface area contributed by atoms with Gasteiger partial charge < -0.3 is 14.8 Å². The molecule has 0 aliphatic rings. The lowest BCUT2D eigenvalue weighted by Gasteiger charge is -2.10. The van der Waals surface area contributed by atoms with Gasteiger partial charge in [-0.25, -0.2) is 4.79 Å². The maximum absolute atomic E-state index is 12.1. The predicted molar refractivity (Wildman–Crippen MR) is 97.8 cm³/mol. The number of carbonyl (C=O) groups is 2. The summed E-state index contributed by atoms with van der Waals surface area (Å²) in [4.78, 5) is 34.3. The Labute approximate surface area is 156 Å². The molecule has 142 valence electrons. The van der Waals surface area contributed by atoms with Crippen molar-refractivity contribution in [3.8, 4) is 5.75 Å². The molecule has 2 aromatic rings. The molecule has 8 nitrogen and oxygen atoms in total. The van der Waals surface area contributed by atoms with Crippen molar-refractivity contribution in [3.63, 3.8) is 0 Å². The van der Waals surface area contributed by atoms with E-state index in [0.717, 1.165) is 11.3 Å². The lowest BCUT2D eigenvalue weighted by Crippen LogP contribution is -2.30. The highest BCUT2D eigenvalue weighted by atomic mass is 16.6. The van der Waals surface area contributed by atoms with E-state index in [1.165, 1.54) is 25.1 Å². The van der Waals surface area contributed by atoms with Crippen LogP contribution in [-0.4, -0.2) is 37.1 Å². The van der Waals surface area contributed by atoms with Crippen LogP contribution >= 0.6 is 0 Å². The second kappa shape index (κ2) is 9.33. The minimum Gasteiger partial charge on any atom is -0.496 e. The Morgan fingerprint density at radius 2 is 1.89 bits per heavy atom. The number of esters is 1. The smallest absolute Gasteiger partial charge is 0.339 e. The van der Waals surface area contributed by atoms with E-state index in [4.69, 9.17) is 9.47 Å². The third-order valence-electron chi connectivity index (χ3n) is 3.97. The Hall–Kier alpha value is -3.42. The second-order valence-corrected chi connectivity index (χ2v) is 5.69. The number of ether oxygens (including phenoxy) is 2. The maximum atomic E-state index is 12.1. The first-order valence-corrected chi connectivity index (χ1v) is 8.23. The second-order valence-electron chi connectivity index (χ2n) is 5.69. The SMILES string of the molecule is COc1ccccc1CCNC(=O)COC(=O)c1cccc([N+](=O)[O-])c1C. The van der Waals surface area contributed by atoms with Crippen LogP contribution in [0.15, 0.2) is 42.5 Å². The van der Waals surface area contributed by atoms with Gasteiger partial charge in [0, 0.05) is 18.2 Å². The van der Waals surface area contributed by atoms with E-state index in [1.54, 1.807) is 7.11 Å². The largest absolute Gasteiger partial charge is 0.496 e. The quantitative estimate of drug-likeness (QED) is 0.433. The first-order valence-electron chi connectivity index (χ1n) is 8.23. The number of nitro benzene ring substituents is 1. The van der Waals surface area contributed by atoms with Gasteiger partial charge >= 0.3 is 5.97 Å². The lowest BCUT2D eigenvalue weighted by molar-refractivity contribution is -0.385. The molecule has 0 bridgehead atoms. The Bertz CT molecular complexity index is 850. The van der Waals surface area contributed by atoms with Gasteiger partial charge in [-0.3, -0.25) is 14.9 Å². The van der Waals surface area contributed by atoms with Crippen molar-refractivity contribution in [2.75, 3.05) is 20.3 Å². The summed E-state index contributed by atoms with van der Waals surface area (Å²) in [6.07, 6.45) is 0.563. The summed E-state index contributed by atoms with van der Waals surface area (Å²) in [5.74, 6) is -0.503. The minimum atomic E-state index is -0.781. The first-order chi connectivity index (χ1) is 12.9. The highest BCUT2D eigenvalue weighted by molar-refractivity contribution is 5.93. The standard InChI is InChI=1S/C19H20N2O6/c1-13-15(7-5-8-16(13)21(24)25)19(23)27-12-18(22)20-11-10-14-6-3-4-9-17(14)26-2/h3-9H,10-12H2,1-2H3,(H,20,22). The van der Waals surface area contributed by atoms with E-state index in [2.05, 4.69) is 5.32 Å². The van der Waals surface area contributed by atoms with Crippen LogP contribution in [0.25, 0.3) is 0 Å². The average Bonchev–Trinajstić information content (AvgIpc) is 2.66. The molecule has 2 rings (SSSR count). The van der Waals surface area contributed by atoms with E-state index in [0.29, 0.717) is 13.0 Å². The zero-order valence-corrected chi connectivity index (χ0v) is 15.1. The van der Waals surface area contributed by atoms with Crippen molar-refractivity contribution in [1.29, 1.82) is 0 Å². The molecule has 0 heterocycles. The van der Waals surface area contributed by atoms with Crippen molar-refractivity contribution >= 4 is 17.6 Å². The number of methoxy groups -OCH3 is 1. The van der Waals surface area contributed by atoms with Crippen LogP contribution in [0.4, 0.5) is 5.69 Å². The molecule has 27 heavy (non-hydrogen) atoms. The van der Waals surface area contributed by atoms with Gasteiger partial charge in [0.15, 0.2) is 6.61 Å². The molecule has 0 saturated carbocycles. The van der Waals surface area contributed by atoms with Gasteiger partial charge in [-0.1, -0.05) is 24.3 Å². The maximum Gasteiger partial charge on any atom is 0.339 e. The average molecular weight is 372 g/mol. The number of nitrogens with zero attached hydrogens (tertiary/aromatic N) is 1. The minimum absolute atomic E-state index is 0.0611. The van der Waals surface area contributed by atoms with Gasteiger partial charge in [0.1, 0.15) is 5.75 Å². The Kier molecular flexibility index (Phi) is 6.87. The molecule has 0 saturated heterocycles. The highest BCUT2D eigenvalue weighted by Gasteiger charge is 2.19. The summed E-state index contributed by atoms with van der Waals surface area (Å²) >= 11 is 0. The van der Waals surface area contributed by atoms with Crippen LogP contribution in [0.2, 0.25) is 0 Å². The molecule has 0 spiro atoms. The summed E-state index contributed by atoms with van der Waals surface area (Å²) in [5.41, 5.74) is 1.03. The number of hydrogen-bond donors (Lipinski definition) is 1. The lowest BCUT2D eigenvalue weighted by atomic mass is 10.1. The molecule has 0 aliphatic heterocycles. The van der Waals surface area contributed by atoms with Crippen molar-refractivity contribution in [3.05, 3.63) is 69.3 Å². The predicted octanol–water partition coefficient (Wildman–Crippen LogP) is 2.43. The van der Waals surface area contributed by atoms with Gasteiger partial charge in [0.25, 0.3) is 11.6 Å². The molecule has 0 radical (unpaired) electrons. The summed E-state index contributed by atoms with van der Waals surface area (Å²) in [5, 5.41) is 13.6. The number of para-hydroxylation sites is 1. The molecule has 8 heteroatoms. The van der Waals surface area contributed by atoms with Gasteiger partial charge in [-0.05, 0) is 31.0 Å². The fourth-order valence-corrected chi connectivity index (χ4v) is 2.55. The summed E-state index contributed by atoms with van der Waals surface area (Å²) < 4.78 is 10.2. The van der Waals surface area contributed by atoms with Gasteiger partial charge in [0.2, 0.25) is 0 Å². The summed E-state index contributed by atoms with van der Waals surface area (Å²) in [6.45, 7) is 1.35. The molecular formula is C19H20N2O6. The number of benzene rings is 2. The third kappa shape index (κ3) is 5.27. The van der Waals surface area contributed by atoms with Crippen LogP contribution in [0.1, 0.15) is 21.5 Å². The summed E-state index contributed by atoms with van der Waals surface area (Å²) in [7, 11) is 1.58. The van der Waals surface area contributed by atoms with Crippen molar-refractivity contribution in [2.24, 2.45) is 0 Å².